The van der Waals surface area contributed by atoms with Crippen LogP contribution in [0.15, 0.2) is 42.5 Å². The van der Waals surface area contributed by atoms with E-state index in [1.807, 2.05) is 41.5 Å². The maximum atomic E-state index is 3.97. The van der Waals surface area contributed by atoms with Gasteiger partial charge in [0.1, 0.15) is 0 Å². The minimum Gasteiger partial charge on any atom is -0.663 e. The molecule has 0 unspecified atom stereocenters. The van der Waals surface area contributed by atoms with E-state index in [1.165, 1.54) is 10.8 Å². The van der Waals surface area contributed by atoms with E-state index in [0.29, 0.717) is 0 Å². The molecule has 3 nitrogen and oxygen atoms in total. The molecule has 2 aromatic rings. The molecule has 0 radical (unpaired) electrons. The smallest absolute Gasteiger partial charge is 0.663 e. The van der Waals surface area contributed by atoms with Crippen LogP contribution in [0.4, 0.5) is 0 Å². The molecule has 0 bridgehead atoms. The fourth-order valence-corrected chi connectivity index (χ4v) is 1.74. The van der Waals surface area contributed by atoms with E-state index in [2.05, 4.69) is 58.4 Å². The fraction of sp³-hybridized carbons (Fsp3) is 0.571. The van der Waals surface area contributed by atoms with Gasteiger partial charge in [0.25, 0.3) is 0 Å². The third-order valence-corrected chi connectivity index (χ3v) is 2.89. The van der Waals surface area contributed by atoms with E-state index >= 15 is 0 Å². The first-order valence-electron chi connectivity index (χ1n) is 9.21. The zero-order valence-corrected chi connectivity index (χ0v) is 18.7. The zero-order valence-electron chi connectivity index (χ0n) is 17.1. The molecule has 0 fully saturated rings. The predicted octanol–water partition coefficient (Wildman–Crippen LogP) is 6.76. The molecule has 0 saturated heterocycles. The van der Waals surface area contributed by atoms with E-state index in [9.17, 15) is 0 Å². The Labute approximate surface area is 171 Å². The average Bonchev–Trinajstić information content (AvgIpc) is 3.07. The van der Waals surface area contributed by atoms with Gasteiger partial charge in [0.05, 0.1) is 0 Å². The number of hydrogen-bond donors (Lipinski definition) is 0. The summed E-state index contributed by atoms with van der Waals surface area (Å²) < 4.78 is 0. The summed E-state index contributed by atoms with van der Waals surface area (Å²) >= 11 is 0. The van der Waals surface area contributed by atoms with Gasteiger partial charge in [0, 0.05) is 0 Å². The Morgan fingerprint density at radius 1 is 0.640 bits per heavy atom. The second kappa shape index (κ2) is 25.7. The van der Waals surface area contributed by atoms with E-state index < -0.39 is 0 Å². The first kappa shape index (κ1) is 29.2. The standard InChI is InChI=1S/C9H7.3C4H10N.Ti/c1-2-5-9-7-3-6-8(9)4-1;3*1-3-5-4-2;/h1-7H;3*3-4H2,1-2H3;/q4*-1;+4. The summed E-state index contributed by atoms with van der Waals surface area (Å²) in [6.45, 7) is 18.1. The van der Waals surface area contributed by atoms with Crippen LogP contribution in [-0.4, -0.2) is 39.3 Å². The molecule has 140 valence electrons. The number of benzene rings is 1. The number of hydrogen-bond acceptors (Lipinski definition) is 0. The molecule has 0 amide bonds. The van der Waals surface area contributed by atoms with Crippen molar-refractivity contribution in [2.45, 2.75) is 41.5 Å². The Kier molecular flexibility index (Phi) is 30.0. The molecule has 0 aliphatic heterocycles. The average molecular weight is 379 g/mol. The molecule has 25 heavy (non-hydrogen) atoms. The van der Waals surface area contributed by atoms with Gasteiger partial charge in [-0.05, 0) is 0 Å². The number of fused-ring (bicyclic) bond motifs is 1. The van der Waals surface area contributed by atoms with Crippen molar-refractivity contribution in [3.05, 3.63) is 58.4 Å². The molecular formula is C21H37N3Ti. The van der Waals surface area contributed by atoms with Crippen molar-refractivity contribution in [2.75, 3.05) is 39.3 Å². The van der Waals surface area contributed by atoms with E-state index in [1.54, 1.807) is 0 Å². The summed E-state index contributed by atoms with van der Waals surface area (Å²) in [5.41, 5.74) is 0. The summed E-state index contributed by atoms with van der Waals surface area (Å²) in [5, 5.41) is 14.6. The fourth-order valence-electron chi connectivity index (χ4n) is 1.74. The third-order valence-electron chi connectivity index (χ3n) is 2.89. The van der Waals surface area contributed by atoms with Crippen LogP contribution in [0.3, 0.4) is 0 Å². The molecule has 4 heteroatoms. The van der Waals surface area contributed by atoms with Crippen LogP contribution in [0.25, 0.3) is 26.7 Å². The largest absolute Gasteiger partial charge is 4.00 e. The van der Waals surface area contributed by atoms with Gasteiger partial charge in [-0.1, -0.05) is 47.6 Å². The van der Waals surface area contributed by atoms with Gasteiger partial charge in [0.2, 0.25) is 0 Å². The van der Waals surface area contributed by atoms with Gasteiger partial charge in [-0.15, -0.1) is 29.7 Å². The normalized spacial score (nSPS) is 8.72. The van der Waals surface area contributed by atoms with Gasteiger partial charge >= 0.3 is 21.7 Å². The Bertz CT molecular complexity index is 393. The van der Waals surface area contributed by atoms with E-state index in [0.717, 1.165) is 39.3 Å². The molecule has 0 aliphatic carbocycles. The third kappa shape index (κ3) is 21.4. The summed E-state index contributed by atoms with van der Waals surface area (Å²) in [6.07, 6.45) is 0. The van der Waals surface area contributed by atoms with Gasteiger partial charge < -0.3 is 16.0 Å². The van der Waals surface area contributed by atoms with E-state index in [-0.39, 0.29) is 21.7 Å². The van der Waals surface area contributed by atoms with Crippen molar-refractivity contribution in [1.29, 1.82) is 0 Å². The Balaban J connectivity index is -0.000000269. The van der Waals surface area contributed by atoms with Gasteiger partial charge in [-0.25, -0.2) is 0 Å². The number of rotatable bonds is 6. The maximum absolute atomic E-state index is 3.97. The molecule has 0 N–H and O–H groups in total. The maximum Gasteiger partial charge on any atom is 4.00 e. The van der Waals surface area contributed by atoms with Gasteiger partial charge in [-0.2, -0.15) is 56.8 Å². The van der Waals surface area contributed by atoms with Gasteiger partial charge in [-0.3, -0.25) is 0 Å². The van der Waals surface area contributed by atoms with Crippen molar-refractivity contribution >= 4 is 10.8 Å². The second-order valence-electron chi connectivity index (χ2n) is 4.72. The van der Waals surface area contributed by atoms with Crippen LogP contribution in [0, 0.1) is 0 Å². The predicted molar refractivity (Wildman–Crippen MR) is 113 cm³/mol. The SMILES string of the molecule is CC[N-]CC.CC[N-]CC.CC[N-]CC.[Ti+4].c1ccc2[cH-]ccc2c1. The van der Waals surface area contributed by atoms with Crippen LogP contribution < -0.4 is 0 Å². The van der Waals surface area contributed by atoms with Crippen molar-refractivity contribution < 1.29 is 21.7 Å². The topological polar surface area (TPSA) is 42.3 Å². The molecule has 0 heterocycles. The van der Waals surface area contributed by atoms with Crippen molar-refractivity contribution in [3.63, 3.8) is 0 Å². The molecule has 2 rings (SSSR count). The van der Waals surface area contributed by atoms with E-state index in [4.69, 9.17) is 0 Å². The zero-order chi connectivity index (χ0) is 18.5. The Morgan fingerprint density at radius 2 is 1.04 bits per heavy atom. The molecular weight excluding hydrogens is 342 g/mol. The van der Waals surface area contributed by atoms with Crippen LogP contribution in [0.2, 0.25) is 0 Å². The Hall–Kier alpha value is -0.576. The summed E-state index contributed by atoms with van der Waals surface area (Å²) in [4.78, 5) is 0. The van der Waals surface area contributed by atoms with Crippen molar-refractivity contribution in [1.82, 2.24) is 0 Å². The molecule has 2 aromatic carbocycles. The second-order valence-corrected chi connectivity index (χ2v) is 4.72. The Morgan fingerprint density at radius 3 is 1.36 bits per heavy atom. The van der Waals surface area contributed by atoms with Gasteiger partial charge in [0.15, 0.2) is 0 Å². The van der Waals surface area contributed by atoms with Crippen molar-refractivity contribution in [3.8, 4) is 0 Å². The molecule has 0 aliphatic rings. The monoisotopic (exact) mass is 379 g/mol. The first-order valence-corrected chi connectivity index (χ1v) is 9.21. The molecule has 0 saturated carbocycles. The van der Waals surface area contributed by atoms with Crippen molar-refractivity contribution in [2.24, 2.45) is 0 Å². The quantitative estimate of drug-likeness (QED) is 0.393. The van der Waals surface area contributed by atoms with Crippen LogP contribution >= 0.6 is 0 Å². The number of nitrogens with zero attached hydrogens (tertiary/aromatic N) is 3. The minimum atomic E-state index is 0. The minimum absolute atomic E-state index is 0. The molecule has 0 spiro atoms. The van der Waals surface area contributed by atoms with Crippen LogP contribution in [0.1, 0.15) is 41.5 Å². The molecule has 0 aromatic heterocycles. The van der Waals surface area contributed by atoms with Crippen LogP contribution in [0.5, 0.6) is 0 Å². The first-order chi connectivity index (χ1) is 11.7. The summed E-state index contributed by atoms with van der Waals surface area (Å²) in [6, 6.07) is 14.7. The summed E-state index contributed by atoms with van der Waals surface area (Å²) in [7, 11) is 0. The summed E-state index contributed by atoms with van der Waals surface area (Å²) in [5.74, 6) is 0. The van der Waals surface area contributed by atoms with Crippen LogP contribution in [-0.2, 0) is 21.7 Å². The molecule has 0 atom stereocenters.